The number of hydrogen-bond donors (Lipinski definition) is 1. The number of rotatable bonds is 2. The van der Waals surface area contributed by atoms with E-state index in [4.69, 9.17) is 5.73 Å². The topological polar surface area (TPSA) is 56.7 Å². The molecule has 0 saturated carbocycles. The number of fused-ring (bicyclic) bond motifs is 1. The predicted molar refractivity (Wildman–Crippen MR) is 55.8 cm³/mol. The molecule has 0 bridgehead atoms. The van der Waals surface area contributed by atoms with Crippen LogP contribution < -0.4 is 5.73 Å². The molecule has 2 rings (SSSR count). The Morgan fingerprint density at radius 2 is 2.21 bits per heavy atom. The van der Waals surface area contributed by atoms with Gasteiger partial charge in [0.25, 0.3) is 0 Å². The van der Waals surface area contributed by atoms with Gasteiger partial charge in [-0.3, -0.25) is 4.68 Å². The van der Waals surface area contributed by atoms with Gasteiger partial charge in [-0.25, -0.2) is 4.98 Å². The molecule has 0 fully saturated rings. The van der Waals surface area contributed by atoms with E-state index in [1.54, 1.807) is 0 Å². The van der Waals surface area contributed by atoms with Crippen LogP contribution in [0.2, 0.25) is 0 Å². The average molecular weight is 190 g/mol. The van der Waals surface area contributed by atoms with E-state index >= 15 is 0 Å². The van der Waals surface area contributed by atoms with Crippen LogP contribution in [0.3, 0.4) is 0 Å². The Morgan fingerprint density at radius 3 is 2.86 bits per heavy atom. The zero-order valence-corrected chi connectivity index (χ0v) is 8.49. The van der Waals surface area contributed by atoms with Crippen LogP contribution in [-0.2, 0) is 20.0 Å². The molecule has 4 nitrogen and oxygen atoms in total. The van der Waals surface area contributed by atoms with Crippen molar-refractivity contribution in [2.75, 3.05) is 0 Å². The predicted octanol–water partition coefficient (Wildman–Crippen LogP) is 0.989. The van der Waals surface area contributed by atoms with Crippen molar-refractivity contribution in [3.8, 4) is 0 Å². The molecule has 0 spiro atoms. The summed E-state index contributed by atoms with van der Waals surface area (Å²) in [6.45, 7) is 2.57. The fourth-order valence-corrected chi connectivity index (χ4v) is 1.62. The summed E-state index contributed by atoms with van der Waals surface area (Å²) in [6.07, 6.45) is 0.932. The summed E-state index contributed by atoms with van der Waals surface area (Å²) in [5.41, 5.74) is 8.46. The molecule has 2 N–H and O–H groups in total. The van der Waals surface area contributed by atoms with Gasteiger partial charge < -0.3 is 5.73 Å². The fraction of sp³-hybridized carbons (Fsp3) is 0.400. The van der Waals surface area contributed by atoms with Gasteiger partial charge in [-0.1, -0.05) is 6.92 Å². The van der Waals surface area contributed by atoms with E-state index in [0.29, 0.717) is 6.54 Å². The molecular weight excluding hydrogens is 176 g/mol. The summed E-state index contributed by atoms with van der Waals surface area (Å²) in [4.78, 5) is 4.44. The van der Waals surface area contributed by atoms with Gasteiger partial charge in [0.1, 0.15) is 0 Å². The van der Waals surface area contributed by atoms with Gasteiger partial charge in [0.15, 0.2) is 5.65 Å². The molecule has 0 atom stereocenters. The Labute approximate surface area is 82.7 Å². The molecule has 0 aliphatic rings. The maximum absolute atomic E-state index is 5.54. The van der Waals surface area contributed by atoms with Crippen LogP contribution in [0.1, 0.15) is 18.3 Å². The summed E-state index contributed by atoms with van der Waals surface area (Å²) in [6, 6.07) is 4.01. The first-order valence-corrected chi connectivity index (χ1v) is 4.77. The minimum atomic E-state index is 0.475. The molecule has 2 heterocycles. The molecular formula is C10H14N4. The molecule has 0 saturated heterocycles. The number of nitrogens with zero attached hydrogens (tertiary/aromatic N) is 3. The van der Waals surface area contributed by atoms with Gasteiger partial charge in [-0.2, -0.15) is 5.10 Å². The zero-order valence-electron chi connectivity index (χ0n) is 8.49. The quantitative estimate of drug-likeness (QED) is 0.768. The zero-order chi connectivity index (χ0) is 10.1. The van der Waals surface area contributed by atoms with Crippen molar-refractivity contribution in [2.24, 2.45) is 12.8 Å². The maximum Gasteiger partial charge on any atom is 0.158 e. The Bertz CT molecular complexity index is 458. The molecule has 2 aromatic heterocycles. The van der Waals surface area contributed by atoms with Gasteiger partial charge >= 0.3 is 0 Å². The smallest absolute Gasteiger partial charge is 0.158 e. The fourth-order valence-electron chi connectivity index (χ4n) is 1.62. The first-order valence-electron chi connectivity index (χ1n) is 4.77. The monoisotopic (exact) mass is 190 g/mol. The van der Waals surface area contributed by atoms with Gasteiger partial charge in [-0.05, 0) is 18.6 Å². The lowest BCUT2D eigenvalue weighted by molar-refractivity contribution is 0.759. The summed E-state index contributed by atoms with van der Waals surface area (Å²) in [5.74, 6) is 0. The Morgan fingerprint density at radius 1 is 1.43 bits per heavy atom. The third-order valence-electron chi connectivity index (χ3n) is 2.36. The lowest BCUT2D eigenvalue weighted by Crippen LogP contribution is -2.00. The van der Waals surface area contributed by atoms with E-state index in [-0.39, 0.29) is 0 Å². The van der Waals surface area contributed by atoms with E-state index in [1.807, 2.05) is 17.8 Å². The maximum atomic E-state index is 5.54. The van der Waals surface area contributed by atoms with Gasteiger partial charge in [0.2, 0.25) is 0 Å². The number of hydrogen-bond acceptors (Lipinski definition) is 3. The van der Waals surface area contributed by atoms with Crippen LogP contribution in [0.4, 0.5) is 0 Å². The van der Waals surface area contributed by atoms with Crippen molar-refractivity contribution in [2.45, 2.75) is 19.9 Å². The van der Waals surface area contributed by atoms with Crippen LogP contribution in [-0.4, -0.2) is 14.8 Å². The first kappa shape index (κ1) is 9.15. The van der Waals surface area contributed by atoms with Crippen molar-refractivity contribution < 1.29 is 0 Å². The van der Waals surface area contributed by atoms with Crippen LogP contribution >= 0.6 is 0 Å². The molecule has 14 heavy (non-hydrogen) atoms. The molecule has 74 valence electrons. The summed E-state index contributed by atoms with van der Waals surface area (Å²) >= 11 is 0. The number of pyridine rings is 1. The molecule has 0 aromatic carbocycles. The highest BCUT2D eigenvalue weighted by Gasteiger charge is 2.07. The van der Waals surface area contributed by atoms with E-state index < -0.39 is 0 Å². The summed E-state index contributed by atoms with van der Waals surface area (Å²) in [7, 11) is 1.91. The van der Waals surface area contributed by atoms with E-state index in [2.05, 4.69) is 23.1 Å². The minimum Gasteiger partial charge on any atom is -0.325 e. The Kier molecular flexibility index (Phi) is 2.21. The lowest BCUT2D eigenvalue weighted by Gasteiger charge is -1.97. The largest absolute Gasteiger partial charge is 0.325 e. The Balaban J connectivity index is 2.70. The highest BCUT2D eigenvalue weighted by Crippen LogP contribution is 2.16. The SMILES string of the molecule is CCc1nn(C)c2nc(CN)ccc12. The second kappa shape index (κ2) is 3.38. The van der Waals surface area contributed by atoms with Crippen molar-refractivity contribution >= 4 is 11.0 Å². The van der Waals surface area contributed by atoms with E-state index in [1.165, 1.54) is 0 Å². The van der Waals surface area contributed by atoms with Crippen LogP contribution in [0.5, 0.6) is 0 Å². The molecule has 0 unspecified atom stereocenters. The standard InChI is InChI=1S/C10H14N4/c1-3-9-8-5-4-7(6-11)12-10(8)14(2)13-9/h4-5H,3,6,11H2,1-2H3. The van der Waals surface area contributed by atoms with Crippen molar-refractivity contribution in [1.29, 1.82) is 0 Å². The molecule has 2 aromatic rings. The van der Waals surface area contributed by atoms with Crippen molar-refractivity contribution in [3.63, 3.8) is 0 Å². The Hall–Kier alpha value is -1.42. The molecule has 0 aliphatic carbocycles. The van der Waals surface area contributed by atoms with Crippen LogP contribution in [0.15, 0.2) is 12.1 Å². The first-order chi connectivity index (χ1) is 6.76. The second-order valence-corrected chi connectivity index (χ2v) is 3.30. The highest BCUT2D eigenvalue weighted by molar-refractivity contribution is 5.78. The molecule has 4 heteroatoms. The molecule has 0 radical (unpaired) electrons. The highest BCUT2D eigenvalue weighted by atomic mass is 15.3. The number of nitrogens with two attached hydrogens (primary N) is 1. The lowest BCUT2D eigenvalue weighted by atomic mass is 10.2. The van der Waals surface area contributed by atoms with Crippen molar-refractivity contribution in [1.82, 2.24) is 14.8 Å². The third-order valence-corrected chi connectivity index (χ3v) is 2.36. The minimum absolute atomic E-state index is 0.475. The average Bonchev–Trinajstić information content (AvgIpc) is 2.55. The van der Waals surface area contributed by atoms with Gasteiger partial charge in [0, 0.05) is 19.0 Å². The van der Waals surface area contributed by atoms with E-state index in [0.717, 1.165) is 28.8 Å². The number of aryl methyl sites for hydroxylation is 2. The van der Waals surface area contributed by atoms with E-state index in [9.17, 15) is 0 Å². The van der Waals surface area contributed by atoms with Crippen LogP contribution in [0, 0.1) is 0 Å². The number of aromatic nitrogens is 3. The summed E-state index contributed by atoms with van der Waals surface area (Å²) < 4.78 is 1.81. The second-order valence-electron chi connectivity index (χ2n) is 3.30. The molecule has 0 aliphatic heterocycles. The third kappa shape index (κ3) is 1.28. The normalized spacial score (nSPS) is 11.1. The molecule has 0 amide bonds. The van der Waals surface area contributed by atoms with Crippen LogP contribution in [0.25, 0.3) is 11.0 Å². The van der Waals surface area contributed by atoms with Crippen molar-refractivity contribution in [3.05, 3.63) is 23.5 Å². The van der Waals surface area contributed by atoms with Gasteiger partial charge in [0.05, 0.1) is 11.4 Å². The summed E-state index contributed by atoms with van der Waals surface area (Å²) in [5, 5.41) is 5.53. The van der Waals surface area contributed by atoms with Gasteiger partial charge in [-0.15, -0.1) is 0 Å².